The van der Waals surface area contributed by atoms with Gasteiger partial charge in [-0.2, -0.15) is 4.31 Å². The number of hydrogen-bond acceptors (Lipinski definition) is 4. The summed E-state index contributed by atoms with van der Waals surface area (Å²) in [5.74, 6) is -0.255. The summed E-state index contributed by atoms with van der Waals surface area (Å²) < 4.78 is 26.8. The summed E-state index contributed by atoms with van der Waals surface area (Å²) in [5, 5.41) is 6.52. The van der Waals surface area contributed by atoms with Crippen molar-refractivity contribution in [2.45, 2.75) is 30.7 Å². The van der Waals surface area contributed by atoms with Crippen molar-refractivity contribution in [1.29, 1.82) is 0 Å². The minimum atomic E-state index is -3.51. The zero-order chi connectivity index (χ0) is 20.1. The number of sulfonamides is 1. The van der Waals surface area contributed by atoms with E-state index in [1.54, 1.807) is 24.3 Å². The third-order valence-corrected chi connectivity index (χ3v) is 7.00. The molecule has 1 heterocycles. The maximum absolute atomic E-state index is 12.7. The van der Waals surface area contributed by atoms with Gasteiger partial charge in [-0.1, -0.05) is 35.9 Å². The number of rotatable bonds is 7. The van der Waals surface area contributed by atoms with Crippen LogP contribution in [0.1, 0.15) is 31.4 Å². The van der Waals surface area contributed by atoms with E-state index in [2.05, 4.69) is 10.6 Å². The minimum absolute atomic E-state index is 0.0789. The lowest BCUT2D eigenvalue weighted by Crippen LogP contribution is -2.30. The second-order valence-electron chi connectivity index (χ2n) is 6.81. The van der Waals surface area contributed by atoms with E-state index in [9.17, 15) is 13.2 Å². The minimum Gasteiger partial charge on any atom is -0.325 e. The molecule has 8 heteroatoms. The standard InChI is InChI=1S/C20H24ClN3O3S/c1-15(18-9-2-3-10-19(18)21)22-14-20(25)23-16-7-6-8-17(13-16)28(26,27)24-11-4-5-12-24/h2-3,6-10,13,15,22H,4-5,11-12,14H2,1H3,(H,23,25)/t15-/m1/s1. The van der Waals surface area contributed by atoms with Crippen LogP contribution in [0.3, 0.4) is 0 Å². The lowest BCUT2D eigenvalue weighted by atomic mass is 10.1. The number of benzene rings is 2. The maximum Gasteiger partial charge on any atom is 0.243 e. The van der Waals surface area contributed by atoms with Gasteiger partial charge in [-0.25, -0.2) is 8.42 Å². The van der Waals surface area contributed by atoms with Gasteiger partial charge in [0.15, 0.2) is 0 Å². The third-order valence-electron chi connectivity index (χ3n) is 4.76. The average Bonchev–Trinajstić information content (AvgIpc) is 3.22. The molecule has 2 aromatic rings. The van der Waals surface area contributed by atoms with Crippen LogP contribution in [0.25, 0.3) is 0 Å². The van der Waals surface area contributed by atoms with Gasteiger partial charge in [-0.05, 0) is 49.6 Å². The summed E-state index contributed by atoms with van der Waals surface area (Å²) in [7, 11) is -3.51. The molecule has 0 unspecified atom stereocenters. The van der Waals surface area contributed by atoms with Crippen molar-refractivity contribution in [3.63, 3.8) is 0 Å². The van der Waals surface area contributed by atoms with Crippen molar-refractivity contribution in [3.8, 4) is 0 Å². The molecule has 0 aliphatic carbocycles. The van der Waals surface area contributed by atoms with E-state index in [1.807, 2.05) is 25.1 Å². The van der Waals surface area contributed by atoms with Crippen LogP contribution in [0.2, 0.25) is 5.02 Å². The predicted octanol–water partition coefficient (Wildman–Crippen LogP) is 3.41. The number of halogens is 1. The van der Waals surface area contributed by atoms with Crippen LogP contribution in [-0.2, 0) is 14.8 Å². The molecule has 0 radical (unpaired) electrons. The highest BCUT2D eigenvalue weighted by Gasteiger charge is 2.27. The normalized spacial score (nSPS) is 16.1. The molecule has 1 atom stereocenters. The average molecular weight is 422 g/mol. The Morgan fingerprint density at radius 2 is 1.86 bits per heavy atom. The van der Waals surface area contributed by atoms with Crippen LogP contribution in [0.5, 0.6) is 0 Å². The van der Waals surface area contributed by atoms with E-state index < -0.39 is 10.0 Å². The van der Waals surface area contributed by atoms with E-state index in [0.29, 0.717) is 23.8 Å². The Bertz CT molecular complexity index is 943. The molecule has 2 aromatic carbocycles. The van der Waals surface area contributed by atoms with Gasteiger partial charge < -0.3 is 10.6 Å². The summed E-state index contributed by atoms with van der Waals surface area (Å²) in [4.78, 5) is 12.5. The van der Waals surface area contributed by atoms with Crippen LogP contribution in [0.15, 0.2) is 53.4 Å². The second-order valence-corrected chi connectivity index (χ2v) is 9.16. The zero-order valence-corrected chi connectivity index (χ0v) is 17.3. The molecule has 0 aromatic heterocycles. The lowest BCUT2D eigenvalue weighted by molar-refractivity contribution is -0.115. The molecular formula is C20H24ClN3O3S. The fourth-order valence-electron chi connectivity index (χ4n) is 3.20. The van der Waals surface area contributed by atoms with Crippen LogP contribution < -0.4 is 10.6 Å². The van der Waals surface area contributed by atoms with Crippen molar-refractivity contribution in [2.75, 3.05) is 25.0 Å². The molecular weight excluding hydrogens is 398 g/mol. The van der Waals surface area contributed by atoms with Crippen LogP contribution in [-0.4, -0.2) is 38.3 Å². The number of amides is 1. The van der Waals surface area contributed by atoms with Gasteiger partial charge in [0.05, 0.1) is 11.4 Å². The molecule has 1 amide bonds. The number of carbonyl (C=O) groups excluding carboxylic acids is 1. The highest BCUT2D eigenvalue weighted by molar-refractivity contribution is 7.89. The molecule has 0 saturated carbocycles. The van der Waals surface area contributed by atoms with Crippen molar-refractivity contribution in [2.24, 2.45) is 0 Å². The number of anilines is 1. The molecule has 1 saturated heterocycles. The third kappa shape index (κ3) is 4.91. The quantitative estimate of drug-likeness (QED) is 0.718. The maximum atomic E-state index is 12.7. The largest absolute Gasteiger partial charge is 0.325 e. The van der Waals surface area contributed by atoms with Gasteiger partial charge >= 0.3 is 0 Å². The molecule has 28 heavy (non-hydrogen) atoms. The van der Waals surface area contributed by atoms with Crippen LogP contribution >= 0.6 is 11.6 Å². The van der Waals surface area contributed by atoms with Crippen molar-refractivity contribution >= 4 is 33.2 Å². The van der Waals surface area contributed by atoms with Crippen molar-refractivity contribution < 1.29 is 13.2 Å². The molecule has 6 nitrogen and oxygen atoms in total. The smallest absolute Gasteiger partial charge is 0.243 e. The first-order valence-corrected chi connectivity index (χ1v) is 11.1. The van der Waals surface area contributed by atoms with Gasteiger partial charge in [0.25, 0.3) is 0 Å². The van der Waals surface area contributed by atoms with Crippen LogP contribution in [0.4, 0.5) is 5.69 Å². The lowest BCUT2D eigenvalue weighted by Gasteiger charge is -2.17. The highest BCUT2D eigenvalue weighted by Crippen LogP contribution is 2.24. The summed E-state index contributed by atoms with van der Waals surface area (Å²) in [6.45, 7) is 3.10. The fourth-order valence-corrected chi connectivity index (χ4v) is 5.06. The Labute approximate surface area is 170 Å². The summed E-state index contributed by atoms with van der Waals surface area (Å²) in [5.41, 5.74) is 1.37. The topological polar surface area (TPSA) is 78.5 Å². The van der Waals surface area contributed by atoms with Crippen molar-refractivity contribution in [1.82, 2.24) is 9.62 Å². The van der Waals surface area contributed by atoms with Gasteiger partial charge in [-0.3, -0.25) is 4.79 Å². The van der Waals surface area contributed by atoms with Crippen molar-refractivity contribution in [3.05, 3.63) is 59.1 Å². The number of nitrogens with one attached hydrogen (secondary N) is 2. The molecule has 1 aliphatic rings. The Kier molecular flexibility index (Phi) is 6.72. The van der Waals surface area contributed by atoms with E-state index in [0.717, 1.165) is 18.4 Å². The van der Waals surface area contributed by atoms with E-state index in [1.165, 1.54) is 10.4 Å². The molecule has 0 bridgehead atoms. The van der Waals surface area contributed by atoms with Gasteiger partial charge in [0, 0.05) is 29.8 Å². The molecule has 1 aliphatic heterocycles. The van der Waals surface area contributed by atoms with E-state index in [-0.39, 0.29) is 23.4 Å². The molecule has 150 valence electrons. The Morgan fingerprint density at radius 3 is 2.57 bits per heavy atom. The fraction of sp³-hybridized carbons (Fsp3) is 0.350. The van der Waals surface area contributed by atoms with Gasteiger partial charge in [0.2, 0.25) is 15.9 Å². The predicted molar refractivity (Wildman–Crippen MR) is 111 cm³/mol. The zero-order valence-electron chi connectivity index (χ0n) is 15.7. The number of nitrogens with zero attached hydrogens (tertiary/aromatic N) is 1. The summed E-state index contributed by atoms with van der Waals surface area (Å²) >= 11 is 6.18. The first-order valence-electron chi connectivity index (χ1n) is 9.26. The van der Waals surface area contributed by atoms with Gasteiger partial charge in [0.1, 0.15) is 0 Å². The molecule has 0 spiro atoms. The monoisotopic (exact) mass is 421 g/mol. The second kappa shape index (κ2) is 9.05. The SMILES string of the molecule is C[C@@H](NCC(=O)Nc1cccc(S(=O)(=O)N2CCCC2)c1)c1ccccc1Cl. The summed E-state index contributed by atoms with van der Waals surface area (Å²) in [6, 6.07) is 13.7. The first kappa shape index (κ1) is 20.8. The summed E-state index contributed by atoms with van der Waals surface area (Å²) in [6.07, 6.45) is 1.76. The van der Waals surface area contributed by atoms with Crippen LogP contribution in [0, 0.1) is 0 Å². The highest BCUT2D eigenvalue weighted by atomic mass is 35.5. The Balaban J connectivity index is 1.61. The van der Waals surface area contributed by atoms with E-state index in [4.69, 9.17) is 11.6 Å². The molecule has 2 N–H and O–H groups in total. The van der Waals surface area contributed by atoms with E-state index >= 15 is 0 Å². The van der Waals surface area contributed by atoms with Gasteiger partial charge in [-0.15, -0.1) is 0 Å². The molecule has 1 fully saturated rings. The Morgan fingerprint density at radius 1 is 1.14 bits per heavy atom. The Hall–Kier alpha value is -1.93. The first-order chi connectivity index (χ1) is 13.4. The molecule has 3 rings (SSSR count). The number of carbonyl (C=O) groups is 1. The number of hydrogen-bond donors (Lipinski definition) is 2.